The normalized spacial score (nSPS) is 20.0. The van der Waals surface area contributed by atoms with Crippen molar-refractivity contribution in [1.29, 1.82) is 0 Å². The Labute approximate surface area is 104 Å². The van der Waals surface area contributed by atoms with Gasteiger partial charge in [-0.2, -0.15) is 0 Å². The van der Waals surface area contributed by atoms with Crippen LogP contribution in [0.1, 0.15) is 20.3 Å². The quantitative estimate of drug-likeness (QED) is 0.821. The van der Waals surface area contributed by atoms with Crippen LogP contribution < -0.4 is 15.4 Å². The van der Waals surface area contributed by atoms with Crippen molar-refractivity contribution in [2.45, 2.75) is 26.4 Å². The molecule has 0 saturated carbocycles. The second-order valence-electron chi connectivity index (χ2n) is 4.79. The van der Waals surface area contributed by atoms with E-state index in [2.05, 4.69) is 30.5 Å². The molecular weight excluding hydrogens is 212 g/mol. The first-order valence-corrected chi connectivity index (χ1v) is 6.50. The van der Waals surface area contributed by atoms with Crippen molar-refractivity contribution in [3.05, 3.63) is 24.3 Å². The Balaban J connectivity index is 1.78. The molecule has 1 aromatic carbocycles. The van der Waals surface area contributed by atoms with Gasteiger partial charge >= 0.3 is 0 Å². The number of para-hydroxylation sites is 2. The molecule has 1 heterocycles. The van der Waals surface area contributed by atoms with Gasteiger partial charge in [-0.25, -0.2) is 0 Å². The minimum absolute atomic E-state index is 0.231. The molecule has 1 aromatic rings. The third kappa shape index (κ3) is 3.37. The zero-order valence-corrected chi connectivity index (χ0v) is 10.7. The van der Waals surface area contributed by atoms with Gasteiger partial charge in [-0.05, 0) is 24.6 Å². The predicted octanol–water partition coefficient (Wildman–Crippen LogP) is 2.50. The summed E-state index contributed by atoms with van der Waals surface area (Å²) < 4.78 is 5.92. The van der Waals surface area contributed by atoms with Gasteiger partial charge in [0.05, 0.1) is 12.2 Å². The van der Waals surface area contributed by atoms with Gasteiger partial charge in [0, 0.05) is 6.54 Å². The summed E-state index contributed by atoms with van der Waals surface area (Å²) in [4.78, 5) is 0. The van der Waals surface area contributed by atoms with Crippen LogP contribution in [0.2, 0.25) is 0 Å². The molecule has 3 heteroatoms. The van der Waals surface area contributed by atoms with E-state index < -0.39 is 0 Å². The molecule has 2 unspecified atom stereocenters. The van der Waals surface area contributed by atoms with Gasteiger partial charge in [-0.1, -0.05) is 32.4 Å². The highest BCUT2D eigenvalue weighted by Gasteiger charge is 2.18. The molecule has 2 rings (SSSR count). The van der Waals surface area contributed by atoms with E-state index in [1.807, 2.05) is 18.2 Å². The van der Waals surface area contributed by atoms with Crippen molar-refractivity contribution < 1.29 is 4.74 Å². The number of rotatable bonds is 5. The highest BCUT2D eigenvalue weighted by atomic mass is 16.5. The number of benzene rings is 1. The van der Waals surface area contributed by atoms with Crippen molar-refractivity contribution in [3.63, 3.8) is 0 Å². The maximum absolute atomic E-state index is 5.92. The van der Waals surface area contributed by atoms with Crippen LogP contribution in [0.5, 0.6) is 5.75 Å². The second kappa shape index (κ2) is 5.92. The van der Waals surface area contributed by atoms with Crippen LogP contribution in [0, 0.1) is 5.92 Å². The average Bonchev–Trinajstić information content (AvgIpc) is 2.38. The Morgan fingerprint density at radius 2 is 2.29 bits per heavy atom. The van der Waals surface area contributed by atoms with Gasteiger partial charge in [-0.15, -0.1) is 0 Å². The molecule has 2 atom stereocenters. The standard InChI is InChI=1S/C14H22N2O/c1-3-11(2)8-15-9-12-10-16-13-6-4-5-7-14(13)17-12/h4-7,11-12,15-16H,3,8-10H2,1-2H3. The molecule has 0 fully saturated rings. The largest absolute Gasteiger partial charge is 0.485 e. The molecular formula is C14H22N2O. The Bertz CT molecular complexity index is 354. The summed E-state index contributed by atoms with van der Waals surface area (Å²) in [5.41, 5.74) is 1.10. The summed E-state index contributed by atoms with van der Waals surface area (Å²) >= 11 is 0. The van der Waals surface area contributed by atoms with Crippen LogP contribution in [0.15, 0.2) is 24.3 Å². The molecule has 2 N–H and O–H groups in total. The first-order chi connectivity index (χ1) is 8.29. The number of hydrogen-bond donors (Lipinski definition) is 2. The Kier molecular flexibility index (Phi) is 4.26. The van der Waals surface area contributed by atoms with E-state index in [0.29, 0.717) is 0 Å². The van der Waals surface area contributed by atoms with Crippen LogP contribution in [-0.4, -0.2) is 25.7 Å². The summed E-state index contributed by atoms with van der Waals surface area (Å²) in [7, 11) is 0. The average molecular weight is 234 g/mol. The van der Waals surface area contributed by atoms with Crippen LogP contribution >= 0.6 is 0 Å². The number of anilines is 1. The zero-order chi connectivity index (χ0) is 12.1. The zero-order valence-electron chi connectivity index (χ0n) is 10.7. The number of ether oxygens (including phenoxy) is 1. The van der Waals surface area contributed by atoms with Gasteiger partial charge in [0.25, 0.3) is 0 Å². The lowest BCUT2D eigenvalue weighted by atomic mass is 10.1. The van der Waals surface area contributed by atoms with Gasteiger partial charge < -0.3 is 15.4 Å². The van der Waals surface area contributed by atoms with Crippen LogP contribution in [0.4, 0.5) is 5.69 Å². The summed E-state index contributed by atoms with van der Waals surface area (Å²) in [6, 6.07) is 8.10. The Morgan fingerprint density at radius 3 is 3.12 bits per heavy atom. The minimum Gasteiger partial charge on any atom is -0.485 e. The molecule has 0 spiro atoms. The summed E-state index contributed by atoms with van der Waals surface area (Å²) in [6.45, 7) is 7.34. The lowest BCUT2D eigenvalue weighted by Crippen LogP contribution is -2.40. The van der Waals surface area contributed by atoms with Crippen molar-refractivity contribution in [2.75, 3.05) is 25.0 Å². The lowest BCUT2D eigenvalue weighted by molar-refractivity contribution is 0.200. The maximum atomic E-state index is 5.92. The van der Waals surface area contributed by atoms with E-state index >= 15 is 0 Å². The summed E-state index contributed by atoms with van der Waals surface area (Å²) in [5.74, 6) is 1.70. The van der Waals surface area contributed by atoms with E-state index in [4.69, 9.17) is 4.74 Å². The van der Waals surface area contributed by atoms with E-state index in [1.54, 1.807) is 0 Å². The van der Waals surface area contributed by atoms with Crippen molar-refractivity contribution >= 4 is 5.69 Å². The third-order valence-corrected chi connectivity index (χ3v) is 3.26. The van der Waals surface area contributed by atoms with E-state index in [9.17, 15) is 0 Å². The maximum Gasteiger partial charge on any atom is 0.142 e. The van der Waals surface area contributed by atoms with Crippen LogP contribution in [-0.2, 0) is 0 Å². The highest BCUT2D eigenvalue weighted by Crippen LogP contribution is 2.27. The molecule has 0 aromatic heterocycles. The first kappa shape index (κ1) is 12.2. The lowest BCUT2D eigenvalue weighted by Gasteiger charge is -2.27. The fraction of sp³-hybridized carbons (Fsp3) is 0.571. The fourth-order valence-electron chi connectivity index (χ4n) is 1.91. The molecule has 94 valence electrons. The Morgan fingerprint density at radius 1 is 1.47 bits per heavy atom. The third-order valence-electron chi connectivity index (χ3n) is 3.26. The SMILES string of the molecule is CCC(C)CNCC1CNc2ccccc2O1. The minimum atomic E-state index is 0.231. The molecule has 1 aliphatic rings. The molecule has 0 saturated heterocycles. The monoisotopic (exact) mass is 234 g/mol. The van der Waals surface area contributed by atoms with Crippen molar-refractivity contribution in [1.82, 2.24) is 5.32 Å². The van der Waals surface area contributed by atoms with Gasteiger partial charge in [0.15, 0.2) is 0 Å². The van der Waals surface area contributed by atoms with Gasteiger partial charge in [0.2, 0.25) is 0 Å². The first-order valence-electron chi connectivity index (χ1n) is 6.50. The molecule has 17 heavy (non-hydrogen) atoms. The molecule has 0 bridgehead atoms. The number of fused-ring (bicyclic) bond motifs is 1. The van der Waals surface area contributed by atoms with E-state index in [-0.39, 0.29) is 6.10 Å². The smallest absolute Gasteiger partial charge is 0.142 e. The van der Waals surface area contributed by atoms with Crippen LogP contribution in [0.3, 0.4) is 0 Å². The molecule has 3 nitrogen and oxygen atoms in total. The molecule has 0 aliphatic carbocycles. The summed E-state index contributed by atoms with van der Waals surface area (Å²) in [6.07, 6.45) is 1.45. The predicted molar refractivity (Wildman–Crippen MR) is 71.7 cm³/mol. The van der Waals surface area contributed by atoms with Gasteiger partial charge in [0.1, 0.15) is 11.9 Å². The number of nitrogens with one attached hydrogen (secondary N) is 2. The van der Waals surface area contributed by atoms with Gasteiger partial charge in [-0.3, -0.25) is 0 Å². The van der Waals surface area contributed by atoms with Crippen LogP contribution in [0.25, 0.3) is 0 Å². The summed E-state index contributed by atoms with van der Waals surface area (Å²) in [5, 5.41) is 6.87. The molecule has 0 radical (unpaired) electrons. The van der Waals surface area contributed by atoms with Crippen molar-refractivity contribution in [2.24, 2.45) is 5.92 Å². The fourth-order valence-corrected chi connectivity index (χ4v) is 1.91. The Hall–Kier alpha value is -1.22. The number of hydrogen-bond acceptors (Lipinski definition) is 3. The van der Waals surface area contributed by atoms with E-state index in [0.717, 1.165) is 37.0 Å². The van der Waals surface area contributed by atoms with E-state index in [1.165, 1.54) is 6.42 Å². The van der Waals surface area contributed by atoms with Crippen molar-refractivity contribution in [3.8, 4) is 5.75 Å². The highest BCUT2D eigenvalue weighted by molar-refractivity contribution is 5.57. The topological polar surface area (TPSA) is 33.3 Å². The molecule has 1 aliphatic heterocycles. The molecule has 0 amide bonds. The second-order valence-corrected chi connectivity index (χ2v) is 4.79.